The fourth-order valence-electron chi connectivity index (χ4n) is 0.952. The Bertz CT molecular complexity index is 486. The van der Waals surface area contributed by atoms with Crippen molar-refractivity contribution < 1.29 is 0 Å². The molecule has 0 bridgehead atoms. The van der Waals surface area contributed by atoms with Gasteiger partial charge in [0.2, 0.25) is 0 Å². The van der Waals surface area contributed by atoms with E-state index in [0.29, 0.717) is 5.57 Å². The predicted octanol–water partition coefficient (Wildman–Crippen LogP) is 3.19. The third-order valence-electron chi connectivity index (χ3n) is 1.71. The molecule has 0 spiro atoms. The largest absolute Gasteiger partial charge is 0.360 e. The van der Waals surface area contributed by atoms with Crippen LogP contribution in [0.1, 0.15) is 0 Å². The summed E-state index contributed by atoms with van der Waals surface area (Å²) in [7, 11) is 0. The number of nitriles is 2. The topological polar surface area (TPSA) is 59.6 Å². The van der Waals surface area contributed by atoms with Crippen LogP contribution in [0.4, 0.5) is 5.69 Å². The molecule has 1 aromatic rings. The number of benzene rings is 1. The molecule has 0 aliphatic heterocycles. The van der Waals surface area contributed by atoms with E-state index in [2.05, 4.69) is 27.9 Å². The van der Waals surface area contributed by atoms with Crippen molar-refractivity contribution in [3.63, 3.8) is 0 Å². The van der Waals surface area contributed by atoms with E-state index in [0.717, 1.165) is 9.26 Å². The van der Waals surface area contributed by atoms with E-state index in [1.54, 1.807) is 6.20 Å². The zero-order valence-electron chi connectivity index (χ0n) is 8.31. The molecule has 0 amide bonds. The lowest BCUT2D eigenvalue weighted by atomic mass is 10.3. The van der Waals surface area contributed by atoms with Gasteiger partial charge in [0.15, 0.2) is 0 Å². The first-order valence-electron chi connectivity index (χ1n) is 4.45. The molecule has 4 heteroatoms. The van der Waals surface area contributed by atoms with Gasteiger partial charge in [-0.15, -0.1) is 0 Å². The number of allylic oxidation sites excluding steroid dienone is 3. The minimum absolute atomic E-state index is 0.403. The van der Waals surface area contributed by atoms with Crippen molar-refractivity contribution in [2.45, 2.75) is 0 Å². The summed E-state index contributed by atoms with van der Waals surface area (Å²) < 4.78 is 1.15. The Balaban J connectivity index is 2.72. The molecular weight excluding hydrogens is 313 g/mol. The maximum absolute atomic E-state index is 8.75. The third-order valence-corrected chi connectivity index (χ3v) is 2.42. The van der Waals surface area contributed by atoms with Crippen molar-refractivity contribution in [2.24, 2.45) is 0 Å². The fraction of sp³-hybridized carbons (Fsp3) is 0. The van der Waals surface area contributed by atoms with Crippen molar-refractivity contribution in [1.82, 2.24) is 0 Å². The molecule has 0 aliphatic carbocycles. The zero-order chi connectivity index (χ0) is 11.8. The number of hydrogen-bond acceptors (Lipinski definition) is 3. The lowest BCUT2D eigenvalue weighted by molar-refractivity contribution is 1.47. The van der Waals surface area contributed by atoms with Crippen molar-refractivity contribution in [2.75, 3.05) is 5.32 Å². The molecule has 1 rings (SSSR count). The molecule has 0 fully saturated rings. The number of nitrogens with zero attached hydrogens (tertiary/aromatic N) is 2. The normalized spacial score (nSPS) is 10.8. The third kappa shape index (κ3) is 4.16. The van der Waals surface area contributed by atoms with Gasteiger partial charge in [-0.2, -0.15) is 10.5 Å². The average Bonchev–Trinajstić information content (AvgIpc) is 2.32. The molecule has 78 valence electrons. The molecule has 0 heterocycles. The van der Waals surface area contributed by atoms with Crippen LogP contribution in [0.2, 0.25) is 0 Å². The maximum Gasteiger partial charge on any atom is 0.101 e. The second-order valence-corrected chi connectivity index (χ2v) is 4.07. The van der Waals surface area contributed by atoms with Gasteiger partial charge < -0.3 is 5.32 Å². The minimum atomic E-state index is 0.403. The Morgan fingerprint density at radius 2 is 1.94 bits per heavy atom. The summed E-state index contributed by atoms with van der Waals surface area (Å²) in [6, 6.07) is 11.6. The van der Waals surface area contributed by atoms with Crippen LogP contribution in [0, 0.1) is 26.2 Å². The summed E-state index contributed by atoms with van der Waals surface area (Å²) in [6.07, 6.45) is 4.29. The van der Waals surface area contributed by atoms with Gasteiger partial charge in [0.1, 0.15) is 6.07 Å². The standard InChI is InChI=1S/C12H8IN3/c13-11-3-5-12(6-4-11)16-9-10(8-15)2-1-7-14/h1-6,9,16H/b2-1+,10-9-. The number of rotatable bonds is 3. The van der Waals surface area contributed by atoms with Crippen molar-refractivity contribution in [3.8, 4) is 12.1 Å². The highest BCUT2D eigenvalue weighted by molar-refractivity contribution is 14.1. The van der Waals surface area contributed by atoms with Gasteiger partial charge in [0.25, 0.3) is 0 Å². The SMILES string of the molecule is N#C/C=C/C(C#N)=C/Nc1ccc(I)cc1. The fourth-order valence-corrected chi connectivity index (χ4v) is 1.31. The summed E-state index contributed by atoms with van der Waals surface area (Å²) in [6.45, 7) is 0. The maximum atomic E-state index is 8.75. The first kappa shape index (κ1) is 12.3. The molecular formula is C12H8IN3. The highest BCUT2D eigenvalue weighted by Crippen LogP contribution is 2.11. The molecule has 3 nitrogen and oxygen atoms in total. The zero-order valence-corrected chi connectivity index (χ0v) is 10.5. The molecule has 0 aliphatic rings. The molecule has 0 unspecified atom stereocenters. The van der Waals surface area contributed by atoms with Crippen LogP contribution in [-0.2, 0) is 0 Å². The monoisotopic (exact) mass is 321 g/mol. The number of hydrogen-bond donors (Lipinski definition) is 1. The Labute approximate surface area is 108 Å². The van der Waals surface area contributed by atoms with Gasteiger partial charge in [0.05, 0.1) is 11.6 Å². The van der Waals surface area contributed by atoms with E-state index < -0.39 is 0 Å². The average molecular weight is 321 g/mol. The van der Waals surface area contributed by atoms with Gasteiger partial charge in [-0.05, 0) is 52.9 Å². The Hall–Kier alpha value is -1.79. The van der Waals surface area contributed by atoms with Gasteiger partial charge in [-0.25, -0.2) is 0 Å². The van der Waals surface area contributed by atoms with E-state index in [4.69, 9.17) is 10.5 Å². The molecule has 1 aromatic carbocycles. The second kappa shape index (κ2) is 6.65. The van der Waals surface area contributed by atoms with Crippen molar-refractivity contribution >= 4 is 28.3 Å². The van der Waals surface area contributed by atoms with Gasteiger partial charge in [0, 0.05) is 21.5 Å². The van der Waals surface area contributed by atoms with Gasteiger partial charge in [-0.1, -0.05) is 0 Å². The molecule has 0 aromatic heterocycles. The summed E-state index contributed by atoms with van der Waals surface area (Å²) in [5, 5.41) is 20.1. The van der Waals surface area contributed by atoms with Crippen LogP contribution in [0.25, 0.3) is 0 Å². The van der Waals surface area contributed by atoms with Crippen LogP contribution in [0.15, 0.2) is 48.2 Å². The first-order valence-corrected chi connectivity index (χ1v) is 5.52. The number of halogens is 1. The Kier molecular flexibility index (Phi) is 5.10. The predicted molar refractivity (Wildman–Crippen MR) is 71.2 cm³/mol. The van der Waals surface area contributed by atoms with Crippen LogP contribution < -0.4 is 5.32 Å². The van der Waals surface area contributed by atoms with Crippen molar-refractivity contribution in [1.29, 1.82) is 10.5 Å². The summed E-state index contributed by atoms with van der Waals surface area (Å²) in [5.41, 5.74) is 1.30. The van der Waals surface area contributed by atoms with Crippen molar-refractivity contribution in [3.05, 3.63) is 51.8 Å². The van der Waals surface area contributed by atoms with Crippen LogP contribution >= 0.6 is 22.6 Å². The van der Waals surface area contributed by atoms with Crippen LogP contribution in [-0.4, -0.2) is 0 Å². The lowest BCUT2D eigenvalue weighted by Crippen LogP contribution is -1.89. The number of anilines is 1. The summed E-state index contributed by atoms with van der Waals surface area (Å²) in [5.74, 6) is 0. The highest BCUT2D eigenvalue weighted by atomic mass is 127. The number of nitrogens with one attached hydrogen (secondary N) is 1. The van der Waals surface area contributed by atoms with E-state index in [-0.39, 0.29) is 0 Å². The molecule has 0 atom stereocenters. The molecule has 1 N–H and O–H groups in total. The van der Waals surface area contributed by atoms with Gasteiger partial charge in [-0.3, -0.25) is 0 Å². The van der Waals surface area contributed by atoms with E-state index in [9.17, 15) is 0 Å². The van der Waals surface area contributed by atoms with Crippen LogP contribution in [0.5, 0.6) is 0 Å². The lowest BCUT2D eigenvalue weighted by Gasteiger charge is -2.00. The summed E-state index contributed by atoms with van der Waals surface area (Å²) >= 11 is 2.22. The van der Waals surface area contributed by atoms with E-state index in [1.807, 2.05) is 36.4 Å². The first-order chi connectivity index (χ1) is 7.76. The Morgan fingerprint density at radius 1 is 1.25 bits per heavy atom. The van der Waals surface area contributed by atoms with Crippen LogP contribution in [0.3, 0.4) is 0 Å². The van der Waals surface area contributed by atoms with Gasteiger partial charge >= 0.3 is 0 Å². The van der Waals surface area contributed by atoms with E-state index >= 15 is 0 Å². The highest BCUT2D eigenvalue weighted by Gasteiger charge is 1.91. The summed E-state index contributed by atoms with van der Waals surface area (Å²) in [4.78, 5) is 0. The molecule has 0 radical (unpaired) electrons. The minimum Gasteiger partial charge on any atom is -0.360 e. The molecule has 0 saturated carbocycles. The Morgan fingerprint density at radius 3 is 2.50 bits per heavy atom. The quantitative estimate of drug-likeness (QED) is 0.528. The second-order valence-electron chi connectivity index (χ2n) is 2.83. The smallest absolute Gasteiger partial charge is 0.101 e. The van der Waals surface area contributed by atoms with E-state index in [1.165, 1.54) is 12.2 Å². The molecule has 0 saturated heterocycles. The molecule has 16 heavy (non-hydrogen) atoms.